The van der Waals surface area contributed by atoms with E-state index in [0.29, 0.717) is 22.1 Å². The summed E-state index contributed by atoms with van der Waals surface area (Å²) in [6.07, 6.45) is 0. The molecule has 8 heteroatoms. The highest BCUT2D eigenvalue weighted by Crippen LogP contribution is 2.23. The van der Waals surface area contributed by atoms with Crippen molar-refractivity contribution < 1.29 is 9.59 Å². The number of anilines is 2. The predicted octanol–water partition coefficient (Wildman–Crippen LogP) is 4.87. The smallest absolute Gasteiger partial charge is 0.257 e. The lowest BCUT2D eigenvalue weighted by molar-refractivity contribution is -0.113. The van der Waals surface area contributed by atoms with Gasteiger partial charge in [-0.2, -0.15) is 0 Å². The van der Waals surface area contributed by atoms with E-state index in [0.717, 1.165) is 17.1 Å². The second kappa shape index (κ2) is 10.1. The van der Waals surface area contributed by atoms with Crippen LogP contribution in [-0.2, 0) is 4.79 Å². The van der Waals surface area contributed by atoms with Gasteiger partial charge in [0.1, 0.15) is 5.82 Å². The van der Waals surface area contributed by atoms with Gasteiger partial charge in [0.05, 0.1) is 17.0 Å². The first-order valence-corrected chi connectivity index (χ1v) is 11.4. The highest BCUT2D eigenvalue weighted by atomic mass is 32.2. The molecule has 0 aliphatic heterocycles. The number of benzene rings is 3. The fourth-order valence-electron chi connectivity index (χ4n) is 3.33. The summed E-state index contributed by atoms with van der Waals surface area (Å²) < 4.78 is 1.92. The largest absolute Gasteiger partial charge is 0.325 e. The molecule has 0 radical (unpaired) electrons. The van der Waals surface area contributed by atoms with Crippen molar-refractivity contribution in [1.82, 2.24) is 14.8 Å². The second-order valence-corrected chi connectivity index (χ2v) is 8.35. The van der Waals surface area contributed by atoms with E-state index < -0.39 is 0 Å². The van der Waals surface area contributed by atoms with Crippen molar-refractivity contribution >= 4 is 35.0 Å². The zero-order valence-corrected chi connectivity index (χ0v) is 19.1. The van der Waals surface area contributed by atoms with Gasteiger partial charge in [-0.15, -0.1) is 10.2 Å². The van der Waals surface area contributed by atoms with E-state index in [9.17, 15) is 9.59 Å². The van der Waals surface area contributed by atoms with Crippen molar-refractivity contribution in [2.24, 2.45) is 0 Å². The van der Waals surface area contributed by atoms with Crippen molar-refractivity contribution in [3.8, 4) is 5.69 Å². The molecule has 1 heterocycles. The molecule has 166 valence electrons. The van der Waals surface area contributed by atoms with Gasteiger partial charge < -0.3 is 10.6 Å². The third-order valence-electron chi connectivity index (χ3n) is 4.86. The van der Waals surface area contributed by atoms with E-state index in [1.165, 1.54) is 11.8 Å². The molecule has 0 aliphatic rings. The van der Waals surface area contributed by atoms with E-state index >= 15 is 0 Å². The molecule has 0 fully saturated rings. The lowest BCUT2D eigenvalue weighted by atomic mass is 10.1. The number of carbonyl (C=O) groups excluding carboxylic acids is 2. The molecule has 3 aromatic carbocycles. The molecular weight excluding hydrogens is 434 g/mol. The Kier molecular flexibility index (Phi) is 6.85. The third-order valence-corrected chi connectivity index (χ3v) is 5.79. The average Bonchev–Trinajstić information content (AvgIpc) is 3.19. The zero-order valence-electron chi connectivity index (χ0n) is 18.3. The van der Waals surface area contributed by atoms with Crippen LogP contribution >= 0.6 is 11.8 Å². The van der Waals surface area contributed by atoms with Gasteiger partial charge in [0.25, 0.3) is 5.91 Å². The summed E-state index contributed by atoms with van der Waals surface area (Å²) in [4.78, 5) is 25.4. The maximum Gasteiger partial charge on any atom is 0.257 e. The summed E-state index contributed by atoms with van der Waals surface area (Å²) in [5, 5.41) is 14.7. The Bertz CT molecular complexity index is 1290. The van der Waals surface area contributed by atoms with Gasteiger partial charge in [0.2, 0.25) is 5.91 Å². The molecular formula is C25H23N5O2S. The van der Waals surface area contributed by atoms with Crippen LogP contribution in [0.1, 0.15) is 21.7 Å². The van der Waals surface area contributed by atoms with E-state index in [1.807, 2.05) is 73.0 Å². The third kappa shape index (κ3) is 5.48. The van der Waals surface area contributed by atoms with Gasteiger partial charge >= 0.3 is 0 Å². The SMILES string of the molecule is Cc1cccc(-n2c(C)nnc2SCC(=O)Nc2ccccc2C(=O)Nc2ccccc2)c1. The Morgan fingerprint density at radius 1 is 0.879 bits per heavy atom. The summed E-state index contributed by atoms with van der Waals surface area (Å²) in [7, 11) is 0. The number of amides is 2. The van der Waals surface area contributed by atoms with E-state index in [2.05, 4.69) is 20.8 Å². The number of aryl methyl sites for hydroxylation is 2. The number of hydrogen-bond donors (Lipinski definition) is 2. The number of nitrogens with one attached hydrogen (secondary N) is 2. The van der Waals surface area contributed by atoms with Crippen LogP contribution in [0.4, 0.5) is 11.4 Å². The van der Waals surface area contributed by atoms with Crippen LogP contribution in [0.2, 0.25) is 0 Å². The molecule has 0 atom stereocenters. The van der Waals surface area contributed by atoms with Crippen LogP contribution in [0.3, 0.4) is 0 Å². The van der Waals surface area contributed by atoms with Crippen molar-refractivity contribution in [2.75, 3.05) is 16.4 Å². The predicted molar refractivity (Wildman–Crippen MR) is 131 cm³/mol. The number of thioether (sulfide) groups is 1. The Hall–Kier alpha value is -3.91. The highest BCUT2D eigenvalue weighted by Gasteiger charge is 2.16. The summed E-state index contributed by atoms with van der Waals surface area (Å²) in [5.74, 6) is 0.334. The molecule has 0 bridgehead atoms. The van der Waals surface area contributed by atoms with E-state index in [1.54, 1.807) is 24.3 Å². The maximum absolute atomic E-state index is 12.7. The number of aromatic nitrogens is 3. The van der Waals surface area contributed by atoms with Crippen LogP contribution in [0.5, 0.6) is 0 Å². The minimum Gasteiger partial charge on any atom is -0.325 e. The number of nitrogens with zero attached hydrogens (tertiary/aromatic N) is 3. The fourth-order valence-corrected chi connectivity index (χ4v) is 4.12. The van der Waals surface area contributed by atoms with Gasteiger partial charge in [0, 0.05) is 11.4 Å². The van der Waals surface area contributed by atoms with Gasteiger partial charge in [-0.05, 0) is 55.8 Å². The van der Waals surface area contributed by atoms with Crippen LogP contribution in [0.15, 0.2) is 84.0 Å². The van der Waals surface area contributed by atoms with Gasteiger partial charge in [0.15, 0.2) is 5.16 Å². The topological polar surface area (TPSA) is 88.9 Å². The van der Waals surface area contributed by atoms with Crippen LogP contribution < -0.4 is 10.6 Å². The lowest BCUT2D eigenvalue weighted by Gasteiger charge is -2.12. The second-order valence-electron chi connectivity index (χ2n) is 7.41. The molecule has 2 N–H and O–H groups in total. The Labute approximate surface area is 196 Å². The summed E-state index contributed by atoms with van der Waals surface area (Å²) >= 11 is 1.29. The van der Waals surface area contributed by atoms with Crippen molar-refractivity contribution in [2.45, 2.75) is 19.0 Å². The molecule has 4 aromatic rings. The summed E-state index contributed by atoms with van der Waals surface area (Å²) in [5.41, 5.74) is 3.60. The molecule has 1 aromatic heterocycles. The highest BCUT2D eigenvalue weighted by molar-refractivity contribution is 7.99. The summed E-state index contributed by atoms with van der Waals surface area (Å²) in [6.45, 7) is 3.90. The van der Waals surface area contributed by atoms with Gasteiger partial charge in [-0.3, -0.25) is 14.2 Å². The molecule has 0 aliphatic carbocycles. The molecule has 0 saturated heterocycles. The Morgan fingerprint density at radius 3 is 2.42 bits per heavy atom. The van der Waals surface area contributed by atoms with Gasteiger partial charge in [-0.25, -0.2) is 0 Å². The first-order chi connectivity index (χ1) is 16.0. The Morgan fingerprint density at radius 2 is 1.64 bits per heavy atom. The molecule has 33 heavy (non-hydrogen) atoms. The van der Waals surface area contributed by atoms with Gasteiger partial charge in [-0.1, -0.05) is 54.2 Å². The number of para-hydroxylation sites is 2. The van der Waals surface area contributed by atoms with E-state index in [-0.39, 0.29) is 17.6 Å². The molecule has 0 saturated carbocycles. The molecule has 2 amide bonds. The molecule has 0 unspecified atom stereocenters. The average molecular weight is 458 g/mol. The lowest BCUT2D eigenvalue weighted by Crippen LogP contribution is -2.19. The quantitative estimate of drug-likeness (QED) is 0.387. The molecule has 4 rings (SSSR count). The normalized spacial score (nSPS) is 10.6. The monoisotopic (exact) mass is 457 g/mol. The van der Waals surface area contributed by atoms with Crippen LogP contribution in [0, 0.1) is 13.8 Å². The number of rotatable bonds is 7. The molecule has 7 nitrogen and oxygen atoms in total. The van der Waals surface area contributed by atoms with E-state index in [4.69, 9.17) is 0 Å². The maximum atomic E-state index is 12.7. The van der Waals surface area contributed by atoms with Crippen LogP contribution in [0.25, 0.3) is 5.69 Å². The minimum absolute atomic E-state index is 0.124. The van der Waals surface area contributed by atoms with Crippen molar-refractivity contribution in [3.63, 3.8) is 0 Å². The number of carbonyl (C=O) groups is 2. The first kappa shape index (κ1) is 22.3. The summed E-state index contributed by atoms with van der Waals surface area (Å²) in [6, 6.07) is 24.1. The van der Waals surface area contributed by atoms with Crippen LogP contribution in [-0.4, -0.2) is 32.3 Å². The van der Waals surface area contributed by atoms with Crippen molar-refractivity contribution in [3.05, 3.63) is 95.8 Å². The number of hydrogen-bond acceptors (Lipinski definition) is 5. The first-order valence-electron chi connectivity index (χ1n) is 10.4. The molecule has 0 spiro atoms. The minimum atomic E-state index is -0.292. The Balaban J connectivity index is 1.44. The standard InChI is InChI=1S/C25H23N5O2S/c1-17-9-8-12-20(15-17)30-18(2)28-29-25(30)33-16-23(31)27-22-14-7-6-13-21(22)24(32)26-19-10-4-3-5-11-19/h3-15H,16H2,1-2H3,(H,26,32)(H,27,31). The van der Waals surface area contributed by atoms with Crippen molar-refractivity contribution in [1.29, 1.82) is 0 Å². The fraction of sp³-hybridized carbons (Fsp3) is 0.120. The zero-order chi connectivity index (χ0) is 23.2.